The molecular formula is C21H26N2O3S. The number of carbonyl (C=O) groups excluding carboxylic acids is 1. The van der Waals surface area contributed by atoms with Gasteiger partial charge in [-0.2, -0.15) is 4.31 Å². The third kappa shape index (κ3) is 5.17. The zero-order chi connectivity index (χ0) is 19.3. The summed E-state index contributed by atoms with van der Waals surface area (Å²) >= 11 is 0. The summed E-state index contributed by atoms with van der Waals surface area (Å²) in [4.78, 5) is 14.3. The van der Waals surface area contributed by atoms with Gasteiger partial charge < -0.3 is 4.90 Å². The van der Waals surface area contributed by atoms with Gasteiger partial charge in [0.05, 0.1) is 5.75 Å². The van der Waals surface area contributed by atoms with Gasteiger partial charge >= 0.3 is 0 Å². The van der Waals surface area contributed by atoms with Crippen molar-refractivity contribution in [2.24, 2.45) is 0 Å². The van der Waals surface area contributed by atoms with E-state index in [9.17, 15) is 13.2 Å². The smallest absolute Gasteiger partial charge is 0.253 e. The molecule has 3 rings (SSSR count). The molecule has 27 heavy (non-hydrogen) atoms. The molecule has 5 nitrogen and oxygen atoms in total. The Morgan fingerprint density at radius 3 is 2.33 bits per heavy atom. The Kier molecular flexibility index (Phi) is 6.29. The summed E-state index contributed by atoms with van der Waals surface area (Å²) in [6, 6.07) is 17.4. The first-order valence-electron chi connectivity index (χ1n) is 9.33. The lowest BCUT2D eigenvalue weighted by Crippen LogP contribution is -2.51. The van der Waals surface area contributed by atoms with E-state index in [1.54, 1.807) is 4.90 Å². The maximum absolute atomic E-state index is 12.6. The number of benzene rings is 2. The molecule has 1 saturated heterocycles. The average molecular weight is 387 g/mol. The molecule has 2 aromatic carbocycles. The number of nitrogens with zero attached hydrogens (tertiary/aromatic N) is 2. The molecule has 1 aliphatic heterocycles. The fraction of sp³-hybridized carbons (Fsp3) is 0.381. The summed E-state index contributed by atoms with van der Waals surface area (Å²) in [5.74, 6) is 0.119. The first-order chi connectivity index (χ1) is 13.0. The highest BCUT2D eigenvalue weighted by Gasteiger charge is 2.28. The summed E-state index contributed by atoms with van der Waals surface area (Å²) in [5.41, 5.74) is 2.86. The van der Waals surface area contributed by atoms with Crippen LogP contribution in [0.4, 0.5) is 0 Å². The highest BCUT2D eigenvalue weighted by atomic mass is 32.2. The van der Waals surface area contributed by atoms with Gasteiger partial charge in [-0.15, -0.1) is 0 Å². The van der Waals surface area contributed by atoms with Crippen LogP contribution in [0, 0.1) is 6.92 Å². The minimum atomic E-state index is -3.28. The van der Waals surface area contributed by atoms with Crippen molar-refractivity contribution in [1.29, 1.82) is 0 Å². The minimum absolute atomic E-state index is 0.0279. The normalized spacial score (nSPS) is 15.7. The van der Waals surface area contributed by atoms with Crippen LogP contribution in [0.25, 0.3) is 0 Å². The molecule has 1 amide bonds. The van der Waals surface area contributed by atoms with Gasteiger partial charge in [0, 0.05) is 31.7 Å². The standard InChI is InChI=1S/C21H26N2O3S/c1-18-7-5-11-20(17-18)21(24)22-12-14-23(15-13-22)27(25,26)16-6-10-19-8-3-2-4-9-19/h2-5,7-9,11,17H,6,10,12-16H2,1H3. The van der Waals surface area contributed by atoms with Crippen LogP contribution in [-0.2, 0) is 16.4 Å². The Bertz CT molecular complexity index is 873. The molecule has 0 N–H and O–H groups in total. The third-order valence-corrected chi connectivity index (χ3v) is 6.85. The van der Waals surface area contributed by atoms with Gasteiger partial charge in [-0.05, 0) is 37.5 Å². The Balaban J connectivity index is 1.51. The number of amides is 1. The van der Waals surface area contributed by atoms with E-state index in [0.29, 0.717) is 38.2 Å². The first-order valence-corrected chi connectivity index (χ1v) is 10.9. The molecule has 0 saturated carbocycles. The molecule has 1 heterocycles. The van der Waals surface area contributed by atoms with E-state index in [0.717, 1.165) is 17.5 Å². The molecular weight excluding hydrogens is 360 g/mol. The van der Waals surface area contributed by atoms with Crippen LogP contribution in [0.5, 0.6) is 0 Å². The van der Waals surface area contributed by atoms with Crippen LogP contribution in [-0.4, -0.2) is 55.5 Å². The lowest BCUT2D eigenvalue weighted by Gasteiger charge is -2.34. The van der Waals surface area contributed by atoms with Crippen molar-refractivity contribution < 1.29 is 13.2 Å². The summed E-state index contributed by atoms with van der Waals surface area (Å²) in [5, 5.41) is 0. The van der Waals surface area contributed by atoms with Crippen LogP contribution in [0.15, 0.2) is 54.6 Å². The van der Waals surface area contributed by atoms with Crippen LogP contribution < -0.4 is 0 Å². The predicted molar refractivity (Wildman–Crippen MR) is 107 cm³/mol. The average Bonchev–Trinajstić information content (AvgIpc) is 2.68. The Morgan fingerprint density at radius 2 is 1.67 bits per heavy atom. The second-order valence-electron chi connectivity index (χ2n) is 6.97. The van der Waals surface area contributed by atoms with Crippen molar-refractivity contribution in [2.75, 3.05) is 31.9 Å². The highest BCUT2D eigenvalue weighted by Crippen LogP contribution is 2.14. The molecule has 0 bridgehead atoms. The maximum Gasteiger partial charge on any atom is 0.253 e. The minimum Gasteiger partial charge on any atom is -0.336 e. The molecule has 0 unspecified atom stereocenters. The SMILES string of the molecule is Cc1cccc(C(=O)N2CCN(S(=O)(=O)CCCc3ccccc3)CC2)c1. The molecule has 1 fully saturated rings. The predicted octanol–water partition coefficient (Wildman–Crippen LogP) is 2.72. The zero-order valence-corrected chi connectivity index (χ0v) is 16.5. The lowest BCUT2D eigenvalue weighted by atomic mass is 10.1. The van der Waals surface area contributed by atoms with Crippen LogP contribution in [0.1, 0.15) is 27.9 Å². The van der Waals surface area contributed by atoms with Crippen LogP contribution >= 0.6 is 0 Å². The molecule has 6 heteroatoms. The fourth-order valence-electron chi connectivity index (χ4n) is 3.36. The molecule has 0 aromatic heterocycles. The van der Waals surface area contributed by atoms with Crippen LogP contribution in [0.2, 0.25) is 0 Å². The summed E-state index contributed by atoms with van der Waals surface area (Å²) in [6.45, 7) is 3.56. The first kappa shape index (κ1) is 19.6. The Hall–Kier alpha value is -2.18. The van der Waals surface area contributed by atoms with Gasteiger partial charge in [-0.25, -0.2) is 8.42 Å². The molecule has 144 valence electrons. The second kappa shape index (κ2) is 8.67. The fourth-order valence-corrected chi connectivity index (χ4v) is 4.85. The largest absolute Gasteiger partial charge is 0.336 e. The number of aryl methyl sites for hydroxylation is 2. The molecule has 2 aromatic rings. The van der Waals surface area contributed by atoms with E-state index < -0.39 is 10.0 Å². The summed E-state index contributed by atoms with van der Waals surface area (Å²) in [6.07, 6.45) is 1.36. The van der Waals surface area contributed by atoms with E-state index >= 15 is 0 Å². The van der Waals surface area contributed by atoms with Crippen molar-refractivity contribution in [3.05, 3.63) is 71.3 Å². The Labute approximate surface area is 161 Å². The molecule has 0 aliphatic carbocycles. The Morgan fingerprint density at radius 1 is 0.963 bits per heavy atom. The van der Waals surface area contributed by atoms with E-state index in [1.165, 1.54) is 4.31 Å². The molecule has 0 atom stereocenters. The lowest BCUT2D eigenvalue weighted by molar-refractivity contribution is 0.0698. The third-order valence-electron chi connectivity index (χ3n) is 4.89. The van der Waals surface area contributed by atoms with E-state index in [1.807, 2.05) is 61.5 Å². The van der Waals surface area contributed by atoms with Crippen molar-refractivity contribution in [3.8, 4) is 0 Å². The molecule has 0 radical (unpaired) electrons. The van der Waals surface area contributed by atoms with E-state index in [2.05, 4.69) is 0 Å². The summed E-state index contributed by atoms with van der Waals surface area (Å²) < 4.78 is 26.7. The quantitative estimate of drug-likeness (QED) is 0.767. The number of sulfonamides is 1. The topological polar surface area (TPSA) is 57.7 Å². The van der Waals surface area contributed by atoms with Gasteiger partial charge in [0.1, 0.15) is 0 Å². The maximum atomic E-state index is 12.6. The van der Waals surface area contributed by atoms with Crippen LogP contribution in [0.3, 0.4) is 0 Å². The van der Waals surface area contributed by atoms with Crippen molar-refractivity contribution in [1.82, 2.24) is 9.21 Å². The van der Waals surface area contributed by atoms with Crippen molar-refractivity contribution >= 4 is 15.9 Å². The monoisotopic (exact) mass is 386 g/mol. The number of carbonyl (C=O) groups is 1. The van der Waals surface area contributed by atoms with E-state index in [4.69, 9.17) is 0 Å². The van der Waals surface area contributed by atoms with Crippen molar-refractivity contribution in [3.63, 3.8) is 0 Å². The number of hydrogen-bond donors (Lipinski definition) is 0. The second-order valence-corrected chi connectivity index (χ2v) is 9.05. The highest BCUT2D eigenvalue weighted by molar-refractivity contribution is 7.89. The van der Waals surface area contributed by atoms with Gasteiger partial charge in [-0.3, -0.25) is 4.79 Å². The van der Waals surface area contributed by atoms with E-state index in [-0.39, 0.29) is 11.7 Å². The van der Waals surface area contributed by atoms with Gasteiger partial charge in [0.15, 0.2) is 0 Å². The van der Waals surface area contributed by atoms with Gasteiger partial charge in [0.25, 0.3) is 5.91 Å². The van der Waals surface area contributed by atoms with Gasteiger partial charge in [0.2, 0.25) is 10.0 Å². The summed E-state index contributed by atoms with van der Waals surface area (Å²) in [7, 11) is -3.28. The van der Waals surface area contributed by atoms with Crippen molar-refractivity contribution in [2.45, 2.75) is 19.8 Å². The number of rotatable bonds is 6. The number of piperazine rings is 1. The zero-order valence-electron chi connectivity index (χ0n) is 15.7. The molecule has 1 aliphatic rings. The number of hydrogen-bond acceptors (Lipinski definition) is 3. The molecule has 0 spiro atoms. The van der Waals surface area contributed by atoms with Gasteiger partial charge in [-0.1, -0.05) is 48.0 Å².